The van der Waals surface area contributed by atoms with Crippen LogP contribution in [0.4, 0.5) is 4.39 Å². The van der Waals surface area contributed by atoms with E-state index >= 15 is 0 Å². The van der Waals surface area contributed by atoms with E-state index in [-0.39, 0.29) is 24.9 Å². The summed E-state index contributed by atoms with van der Waals surface area (Å²) in [4.78, 5) is 22.5. The lowest BCUT2D eigenvalue weighted by atomic mass is 10.1. The molecule has 5 heteroatoms. The molecule has 0 bridgehead atoms. The van der Waals surface area contributed by atoms with Gasteiger partial charge in [-0.2, -0.15) is 0 Å². The van der Waals surface area contributed by atoms with Gasteiger partial charge in [-0.05, 0) is 36.2 Å². The minimum absolute atomic E-state index is 0.209. The second kappa shape index (κ2) is 7.36. The Morgan fingerprint density at radius 2 is 2.05 bits per heavy atom. The van der Waals surface area contributed by atoms with E-state index in [0.29, 0.717) is 28.7 Å². The van der Waals surface area contributed by atoms with Crippen molar-refractivity contribution in [2.75, 3.05) is 6.61 Å². The Kier molecular flexibility index (Phi) is 5.25. The number of benzene rings is 2. The van der Waals surface area contributed by atoms with Gasteiger partial charge in [0.1, 0.15) is 11.6 Å². The number of carbonyl (C=O) groups excluding carboxylic acids is 2. The molecule has 0 aliphatic carbocycles. The molecule has 2 aromatic rings. The molecular weight excluding hydrogens is 285 g/mol. The van der Waals surface area contributed by atoms with E-state index < -0.39 is 0 Å². The normalized spacial score (nSPS) is 10.1. The summed E-state index contributed by atoms with van der Waals surface area (Å²) in [6.07, 6.45) is 0.669. The van der Waals surface area contributed by atoms with Crippen LogP contribution in [0.1, 0.15) is 21.5 Å². The van der Waals surface area contributed by atoms with E-state index in [2.05, 4.69) is 5.32 Å². The molecule has 2 aromatic carbocycles. The lowest BCUT2D eigenvalue weighted by Gasteiger charge is -2.09. The third kappa shape index (κ3) is 4.15. The molecule has 114 valence electrons. The highest BCUT2D eigenvalue weighted by Crippen LogP contribution is 2.15. The number of para-hydroxylation sites is 1. The van der Waals surface area contributed by atoms with Crippen molar-refractivity contribution in [1.29, 1.82) is 0 Å². The van der Waals surface area contributed by atoms with E-state index in [1.807, 2.05) is 0 Å². The molecule has 0 unspecified atom stereocenters. The van der Waals surface area contributed by atoms with Gasteiger partial charge in [0.2, 0.25) is 0 Å². The summed E-state index contributed by atoms with van der Waals surface area (Å²) in [6.45, 7) is 1.68. The summed E-state index contributed by atoms with van der Waals surface area (Å²) in [7, 11) is 0. The van der Waals surface area contributed by atoms with Crippen molar-refractivity contribution in [2.45, 2.75) is 13.5 Å². The number of rotatable bonds is 6. The Hall–Kier alpha value is -2.69. The summed E-state index contributed by atoms with van der Waals surface area (Å²) in [6, 6.07) is 11.5. The summed E-state index contributed by atoms with van der Waals surface area (Å²) in [5.74, 6) is -0.293. The van der Waals surface area contributed by atoms with Crippen LogP contribution in [0.3, 0.4) is 0 Å². The summed E-state index contributed by atoms with van der Waals surface area (Å²) in [5, 5.41) is 2.63. The van der Waals surface area contributed by atoms with Crippen molar-refractivity contribution in [3.8, 4) is 5.75 Å². The molecular formula is C17H16FNO3. The van der Waals surface area contributed by atoms with Gasteiger partial charge in [-0.25, -0.2) is 4.39 Å². The molecule has 1 amide bonds. The third-order valence-corrected chi connectivity index (χ3v) is 3.13. The van der Waals surface area contributed by atoms with E-state index in [1.165, 1.54) is 6.07 Å². The molecule has 1 N–H and O–H groups in total. The highest BCUT2D eigenvalue weighted by Gasteiger charge is 2.06. The van der Waals surface area contributed by atoms with Crippen LogP contribution in [0, 0.1) is 12.7 Å². The second-order valence-electron chi connectivity index (χ2n) is 4.80. The summed E-state index contributed by atoms with van der Waals surface area (Å²) >= 11 is 0. The zero-order valence-electron chi connectivity index (χ0n) is 12.1. The standard InChI is InChI=1S/C17H16FNO3/c1-12-6-7-13(8-15(12)18)9-19-17(21)11-22-16-5-3-2-4-14(16)10-20/h2-8,10H,9,11H2,1H3,(H,19,21). The predicted molar refractivity (Wildman–Crippen MR) is 80.3 cm³/mol. The molecule has 0 aliphatic rings. The van der Waals surface area contributed by atoms with E-state index in [1.54, 1.807) is 43.3 Å². The number of halogens is 1. The van der Waals surface area contributed by atoms with Gasteiger partial charge in [0.05, 0.1) is 5.56 Å². The lowest BCUT2D eigenvalue weighted by molar-refractivity contribution is -0.123. The van der Waals surface area contributed by atoms with Crippen LogP contribution in [-0.4, -0.2) is 18.8 Å². The Bertz CT molecular complexity index is 685. The fourth-order valence-corrected chi connectivity index (χ4v) is 1.85. The zero-order chi connectivity index (χ0) is 15.9. The molecule has 4 nitrogen and oxygen atoms in total. The molecule has 0 atom stereocenters. The first kappa shape index (κ1) is 15.7. The molecule has 2 rings (SSSR count). The molecule has 0 radical (unpaired) electrons. The average molecular weight is 301 g/mol. The van der Waals surface area contributed by atoms with Gasteiger partial charge in [0.25, 0.3) is 5.91 Å². The van der Waals surface area contributed by atoms with Crippen molar-refractivity contribution in [3.63, 3.8) is 0 Å². The van der Waals surface area contributed by atoms with Gasteiger partial charge >= 0.3 is 0 Å². The fourth-order valence-electron chi connectivity index (χ4n) is 1.85. The van der Waals surface area contributed by atoms with E-state index in [0.717, 1.165) is 0 Å². The number of ether oxygens (including phenoxy) is 1. The average Bonchev–Trinajstić information content (AvgIpc) is 2.54. The Balaban J connectivity index is 1.85. The fraction of sp³-hybridized carbons (Fsp3) is 0.176. The van der Waals surface area contributed by atoms with Gasteiger partial charge in [0, 0.05) is 6.54 Å². The maximum Gasteiger partial charge on any atom is 0.258 e. The minimum atomic E-state index is -0.346. The van der Waals surface area contributed by atoms with Crippen LogP contribution >= 0.6 is 0 Å². The van der Waals surface area contributed by atoms with Gasteiger partial charge in [-0.15, -0.1) is 0 Å². The van der Waals surface area contributed by atoms with Crippen LogP contribution in [-0.2, 0) is 11.3 Å². The Labute approximate surface area is 127 Å². The van der Waals surface area contributed by atoms with Crippen molar-refractivity contribution in [2.24, 2.45) is 0 Å². The molecule has 0 saturated carbocycles. The van der Waals surface area contributed by atoms with Crippen LogP contribution in [0.2, 0.25) is 0 Å². The zero-order valence-corrected chi connectivity index (χ0v) is 12.1. The van der Waals surface area contributed by atoms with E-state index in [9.17, 15) is 14.0 Å². The van der Waals surface area contributed by atoms with Crippen LogP contribution in [0.25, 0.3) is 0 Å². The first-order valence-corrected chi connectivity index (χ1v) is 6.79. The smallest absolute Gasteiger partial charge is 0.258 e. The molecule has 0 aliphatic heterocycles. The molecule has 0 saturated heterocycles. The topological polar surface area (TPSA) is 55.4 Å². The number of aldehydes is 1. The first-order valence-electron chi connectivity index (χ1n) is 6.79. The van der Waals surface area contributed by atoms with Crippen molar-refractivity contribution in [1.82, 2.24) is 5.32 Å². The van der Waals surface area contributed by atoms with Crippen molar-refractivity contribution in [3.05, 3.63) is 65.0 Å². The number of aryl methyl sites for hydroxylation is 1. The van der Waals surface area contributed by atoms with E-state index in [4.69, 9.17) is 4.74 Å². The third-order valence-electron chi connectivity index (χ3n) is 3.13. The molecule has 22 heavy (non-hydrogen) atoms. The number of nitrogens with one attached hydrogen (secondary N) is 1. The maximum absolute atomic E-state index is 13.4. The molecule has 0 heterocycles. The number of hydrogen-bond donors (Lipinski definition) is 1. The quantitative estimate of drug-likeness (QED) is 0.835. The molecule has 0 aromatic heterocycles. The maximum atomic E-state index is 13.4. The molecule has 0 spiro atoms. The SMILES string of the molecule is Cc1ccc(CNC(=O)COc2ccccc2C=O)cc1F. The van der Waals surface area contributed by atoms with Gasteiger partial charge < -0.3 is 10.1 Å². The van der Waals surface area contributed by atoms with Crippen molar-refractivity contribution >= 4 is 12.2 Å². The molecule has 0 fully saturated rings. The number of amides is 1. The Morgan fingerprint density at radius 3 is 2.77 bits per heavy atom. The number of hydrogen-bond acceptors (Lipinski definition) is 3. The summed E-state index contributed by atoms with van der Waals surface area (Å²) in [5.41, 5.74) is 1.62. The van der Waals surface area contributed by atoms with Crippen LogP contribution < -0.4 is 10.1 Å². The second-order valence-corrected chi connectivity index (χ2v) is 4.80. The van der Waals surface area contributed by atoms with Gasteiger partial charge in [-0.3, -0.25) is 9.59 Å². The van der Waals surface area contributed by atoms with Crippen LogP contribution in [0.5, 0.6) is 5.75 Å². The van der Waals surface area contributed by atoms with Crippen LogP contribution in [0.15, 0.2) is 42.5 Å². The van der Waals surface area contributed by atoms with Crippen molar-refractivity contribution < 1.29 is 18.7 Å². The Morgan fingerprint density at radius 1 is 1.27 bits per heavy atom. The van der Waals surface area contributed by atoms with Gasteiger partial charge in [0.15, 0.2) is 12.9 Å². The van der Waals surface area contributed by atoms with Gasteiger partial charge in [-0.1, -0.05) is 24.3 Å². The lowest BCUT2D eigenvalue weighted by Crippen LogP contribution is -2.28. The monoisotopic (exact) mass is 301 g/mol. The summed E-state index contributed by atoms with van der Waals surface area (Å²) < 4.78 is 18.7. The highest BCUT2D eigenvalue weighted by molar-refractivity contribution is 5.80. The number of carbonyl (C=O) groups is 2. The first-order chi connectivity index (χ1) is 10.6. The largest absolute Gasteiger partial charge is 0.483 e. The predicted octanol–water partition coefficient (Wildman–Crippen LogP) is 2.64. The minimum Gasteiger partial charge on any atom is -0.483 e. The highest BCUT2D eigenvalue weighted by atomic mass is 19.1.